The number of hydrogen-bond donors (Lipinski definition) is 4. The molecule has 5 heterocycles. The first kappa shape index (κ1) is 33.8. The molecule has 0 bridgehead atoms. The lowest BCUT2D eigenvalue weighted by atomic mass is 10.2. The van der Waals surface area contributed by atoms with E-state index in [9.17, 15) is 4.79 Å². The zero-order valence-corrected chi connectivity index (χ0v) is 29.4. The third kappa shape index (κ3) is 7.45. The Kier molecular flexibility index (Phi) is 10.8. The number of ether oxygens (including phenoxy) is 3. The van der Waals surface area contributed by atoms with E-state index in [1.807, 2.05) is 6.07 Å². The molecular formula is C29H28BrCl2N11O4S. The molecule has 1 saturated heterocycles. The van der Waals surface area contributed by atoms with E-state index in [-0.39, 0.29) is 38.7 Å². The third-order valence-electron chi connectivity index (χ3n) is 7.10. The van der Waals surface area contributed by atoms with E-state index >= 15 is 0 Å². The van der Waals surface area contributed by atoms with Crippen molar-refractivity contribution in [2.45, 2.75) is 0 Å². The van der Waals surface area contributed by atoms with Crippen LogP contribution in [-0.2, 0) is 4.74 Å². The van der Waals surface area contributed by atoms with Gasteiger partial charge >= 0.3 is 0 Å². The van der Waals surface area contributed by atoms with Crippen LogP contribution in [0.3, 0.4) is 0 Å². The molecule has 0 aliphatic carbocycles. The van der Waals surface area contributed by atoms with Crippen molar-refractivity contribution in [2.24, 2.45) is 0 Å². The standard InChI is InChI=1S/C29H28BrCl2N11O4S/c1-45-23-18(30)24(46-2)20(32)22(19(23)31)41-27(44)15-13-48-25-21(15)36-14-37-26(25)42-29-35-6-4-17(40-29)39-28-34-5-3-16(38-28)33-7-8-43-9-11-47-12-10-43/h3-6,13-14H,7-12H2,1-2H3,(H,41,44)(H3,33,34,35,36,37,38,39,40,42). The molecule has 0 unspecified atom stereocenters. The summed E-state index contributed by atoms with van der Waals surface area (Å²) in [6, 6.07) is 3.50. The minimum absolute atomic E-state index is 0.0999. The van der Waals surface area contributed by atoms with Gasteiger partial charge in [-0.2, -0.15) is 9.97 Å². The number of amides is 1. The molecule has 15 nitrogen and oxygen atoms in total. The molecule has 1 aliphatic rings. The van der Waals surface area contributed by atoms with Gasteiger partial charge in [0.2, 0.25) is 11.9 Å². The first-order chi connectivity index (χ1) is 23.4. The highest BCUT2D eigenvalue weighted by Gasteiger charge is 2.26. The molecule has 1 amide bonds. The summed E-state index contributed by atoms with van der Waals surface area (Å²) >= 11 is 17.7. The van der Waals surface area contributed by atoms with E-state index in [1.54, 1.807) is 23.8 Å². The summed E-state index contributed by atoms with van der Waals surface area (Å²) in [5.74, 6) is 2.20. The third-order valence-corrected chi connectivity index (χ3v) is 9.52. The number of carbonyl (C=O) groups is 1. The normalized spacial score (nSPS) is 13.3. The maximum Gasteiger partial charge on any atom is 0.258 e. The van der Waals surface area contributed by atoms with Gasteiger partial charge in [-0.05, 0) is 28.1 Å². The molecule has 4 N–H and O–H groups in total. The number of aromatic nitrogens is 6. The summed E-state index contributed by atoms with van der Waals surface area (Å²) in [5.41, 5.74) is 0.808. The lowest BCUT2D eigenvalue weighted by molar-refractivity contribution is 0.0398. The number of hydrogen-bond acceptors (Lipinski definition) is 15. The Morgan fingerprint density at radius 3 is 2.35 bits per heavy atom. The van der Waals surface area contributed by atoms with Crippen LogP contribution in [0.25, 0.3) is 10.2 Å². The van der Waals surface area contributed by atoms with E-state index in [0.29, 0.717) is 38.1 Å². The zero-order chi connectivity index (χ0) is 33.6. The predicted octanol–water partition coefficient (Wildman–Crippen LogP) is 5.84. The van der Waals surface area contributed by atoms with E-state index in [1.165, 1.54) is 31.9 Å². The van der Waals surface area contributed by atoms with Crippen LogP contribution in [-0.4, -0.2) is 94.3 Å². The van der Waals surface area contributed by atoms with Gasteiger partial charge < -0.3 is 35.5 Å². The number of rotatable bonds is 12. The van der Waals surface area contributed by atoms with Crippen molar-refractivity contribution in [1.29, 1.82) is 0 Å². The van der Waals surface area contributed by atoms with Crippen LogP contribution < -0.4 is 30.7 Å². The van der Waals surface area contributed by atoms with Crippen molar-refractivity contribution < 1.29 is 19.0 Å². The van der Waals surface area contributed by atoms with Gasteiger partial charge in [-0.1, -0.05) is 23.2 Å². The fourth-order valence-corrected chi connectivity index (χ4v) is 7.33. The summed E-state index contributed by atoms with van der Waals surface area (Å²) in [6.45, 7) is 5.01. The number of thiophene rings is 1. The minimum atomic E-state index is -0.499. The van der Waals surface area contributed by atoms with Gasteiger partial charge in [-0.25, -0.2) is 19.9 Å². The van der Waals surface area contributed by atoms with Gasteiger partial charge in [0.1, 0.15) is 32.5 Å². The van der Waals surface area contributed by atoms with Crippen molar-refractivity contribution >= 4 is 102 Å². The number of carbonyl (C=O) groups excluding carboxylic acids is 1. The number of methoxy groups -OCH3 is 2. The van der Waals surface area contributed by atoms with Crippen LogP contribution in [0.2, 0.25) is 10.0 Å². The molecule has 1 aliphatic heterocycles. The quantitative estimate of drug-likeness (QED) is 0.119. The Morgan fingerprint density at radius 1 is 0.979 bits per heavy atom. The number of halogens is 3. The number of nitrogens with one attached hydrogen (secondary N) is 4. The lowest BCUT2D eigenvalue weighted by Crippen LogP contribution is -2.39. The number of morpholine rings is 1. The highest BCUT2D eigenvalue weighted by molar-refractivity contribution is 9.10. The van der Waals surface area contributed by atoms with E-state index < -0.39 is 5.91 Å². The summed E-state index contributed by atoms with van der Waals surface area (Å²) in [7, 11) is 2.88. The fourth-order valence-electron chi connectivity index (χ4n) is 4.76. The number of anilines is 6. The maximum atomic E-state index is 13.5. The van der Waals surface area contributed by atoms with Crippen LogP contribution in [0.1, 0.15) is 10.4 Å². The molecule has 6 rings (SSSR count). The molecule has 1 fully saturated rings. The van der Waals surface area contributed by atoms with Gasteiger partial charge in [0.15, 0.2) is 17.3 Å². The van der Waals surface area contributed by atoms with Crippen LogP contribution in [0.15, 0.2) is 40.7 Å². The zero-order valence-electron chi connectivity index (χ0n) is 25.5. The molecule has 0 saturated carbocycles. The van der Waals surface area contributed by atoms with Crippen LogP contribution >= 0.6 is 50.5 Å². The average molecular weight is 777 g/mol. The molecule has 48 heavy (non-hydrogen) atoms. The number of fused-ring (bicyclic) bond motifs is 1. The van der Waals surface area contributed by atoms with Crippen molar-refractivity contribution in [3.63, 3.8) is 0 Å². The van der Waals surface area contributed by atoms with Gasteiger partial charge in [0.05, 0.1) is 48.9 Å². The summed E-state index contributed by atoms with van der Waals surface area (Å²) in [6.07, 6.45) is 4.59. The monoisotopic (exact) mass is 775 g/mol. The maximum absolute atomic E-state index is 13.5. The Labute approximate surface area is 296 Å². The lowest BCUT2D eigenvalue weighted by Gasteiger charge is -2.26. The summed E-state index contributed by atoms with van der Waals surface area (Å²) < 4.78 is 17.2. The van der Waals surface area contributed by atoms with Gasteiger partial charge in [-0.15, -0.1) is 11.3 Å². The molecule has 4 aromatic heterocycles. The topological polar surface area (TPSA) is 173 Å². The van der Waals surface area contributed by atoms with E-state index in [2.05, 4.69) is 72.0 Å². The second-order valence-electron chi connectivity index (χ2n) is 10.0. The SMILES string of the molecule is COc1c(Cl)c(NC(=O)c2csc3c(Nc4nccc(Nc5nccc(NCCN6CCOCC6)n5)n4)ncnc23)c(Cl)c(OC)c1Br. The van der Waals surface area contributed by atoms with Crippen molar-refractivity contribution in [2.75, 3.05) is 74.9 Å². The van der Waals surface area contributed by atoms with Crippen LogP contribution in [0, 0.1) is 0 Å². The summed E-state index contributed by atoms with van der Waals surface area (Å²) in [4.78, 5) is 42.2. The number of benzene rings is 1. The predicted molar refractivity (Wildman–Crippen MR) is 189 cm³/mol. The Hall–Kier alpha value is -4.13. The second-order valence-corrected chi connectivity index (χ2v) is 12.5. The molecule has 250 valence electrons. The minimum Gasteiger partial charge on any atom is -0.494 e. The molecular weight excluding hydrogens is 749 g/mol. The largest absolute Gasteiger partial charge is 0.494 e. The molecule has 0 atom stereocenters. The van der Waals surface area contributed by atoms with E-state index in [0.717, 1.165) is 39.4 Å². The average Bonchev–Trinajstić information content (AvgIpc) is 3.53. The summed E-state index contributed by atoms with van der Waals surface area (Å²) in [5, 5.41) is 14.2. The van der Waals surface area contributed by atoms with Crippen molar-refractivity contribution in [3.05, 3.63) is 56.3 Å². The highest BCUT2D eigenvalue weighted by atomic mass is 79.9. The van der Waals surface area contributed by atoms with E-state index in [4.69, 9.17) is 37.4 Å². The molecule has 0 spiro atoms. The Morgan fingerprint density at radius 2 is 1.65 bits per heavy atom. The molecule has 5 aromatic rings. The second kappa shape index (κ2) is 15.4. The molecule has 19 heteroatoms. The van der Waals surface area contributed by atoms with Gasteiger partial charge in [-0.3, -0.25) is 9.69 Å². The first-order valence-corrected chi connectivity index (χ1v) is 16.8. The fraction of sp³-hybridized carbons (Fsp3) is 0.276. The Balaban J connectivity index is 1.15. The van der Waals surface area contributed by atoms with Crippen LogP contribution in [0.4, 0.5) is 35.0 Å². The van der Waals surface area contributed by atoms with Gasteiger partial charge in [0, 0.05) is 44.0 Å². The molecule has 0 radical (unpaired) electrons. The van der Waals surface area contributed by atoms with Gasteiger partial charge in [0.25, 0.3) is 5.91 Å². The smallest absolute Gasteiger partial charge is 0.258 e. The first-order valence-electron chi connectivity index (χ1n) is 14.4. The molecule has 1 aromatic carbocycles. The van der Waals surface area contributed by atoms with Crippen molar-refractivity contribution in [3.8, 4) is 11.5 Å². The highest BCUT2D eigenvalue weighted by Crippen LogP contribution is 2.50. The Bertz CT molecular complexity index is 1920. The van der Waals surface area contributed by atoms with Crippen molar-refractivity contribution in [1.82, 2.24) is 34.8 Å². The number of nitrogens with zero attached hydrogens (tertiary/aromatic N) is 7. The van der Waals surface area contributed by atoms with Crippen LogP contribution in [0.5, 0.6) is 11.5 Å².